The predicted octanol–water partition coefficient (Wildman–Crippen LogP) is 4.56. The fourth-order valence-corrected chi connectivity index (χ4v) is 3.39. The summed E-state index contributed by atoms with van der Waals surface area (Å²) in [6.07, 6.45) is 0. The average molecular weight is 377 g/mol. The molecule has 0 fully saturated rings. The van der Waals surface area contributed by atoms with Crippen LogP contribution in [0.2, 0.25) is 0 Å². The number of amides is 1. The Kier molecular flexibility index (Phi) is 4.82. The molecule has 1 N–H and O–H groups in total. The SMILES string of the molecule is COc1ccc2cc([C@H](C)C(=O)NC(C)c3ccc4c(c3)OCO4)ccc2c1. The molecule has 3 aromatic rings. The molecule has 1 aliphatic heterocycles. The molecule has 1 unspecified atom stereocenters. The van der Waals surface area contributed by atoms with Crippen LogP contribution in [-0.2, 0) is 4.79 Å². The van der Waals surface area contributed by atoms with Crippen LogP contribution in [0.1, 0.15) is 36.9 Å². The highest BCUT2D eigenvalue weighted by Gasteiger charge is 2.20. The standard InChI is InChI=1S/C23H23NO4/c1-14(16-4-5-19-11-20(26-3)8-6-18(19)10-16)23(25)24-15(2)17-7-9-21-22(12-17)28-13-27-21/h4-12,14-15H,13H2,1-3H3,(H,24,25)/t14-,15?/m0/s1. The third-order valence-electron chi connectivity index (χ3n) is 5.22. The van der Waals surface area contributed by atoms with Crippen molar-refractivity contribution in [2.75, 3.05) is 13.9 Å². The number of methoxy groups -OCH3 is 1. The van der Waals surface area contributed by atoms with Crippen molar-refractivity contribution < 1.29 is 19.0 Å². The van der Waals surface area contributed by atoms with E-state index in [9.17, 15) is 4.79 Å². The Morgan fingerprint density at radius 1 is 0.929 bits per heavy atom. The maximum atomic E-state index is 12.8. The number of ether oxygens (including phenoxy) is 3. The van der Waals surface area contributed by atoms with Gasteiger partial charge in [0.25, 0.3) is 0 Å². The van der Waals surface area contributed by atoms with Crippen LogP contribution in [0.25, 0.3) is 10.8 Å². The fourth-order valence-electron chi connectivity index (χ4n) is 3.39. The molecule has 0 aliphatic carbocycles. The van der Waals surface area contributed by atoms with Crippen LogP contribution in [0.4, 0.5) is 0 Å². The Morgan fingerprint density at radius 3 is 2.46 bits per heavy atom. The maximum absolute atomic E-state index is 12.8. The Hall–Kier alpha value is -3.21. The molecule has 0 spiro atoms. The summed E-state index contributed by atoms with van der Waals surface area (Å²) in [4.78, 5) is 12.8. The number of rotatable bonds is 5. The van der Waals surface area contributed by atoms with E-state index in [1.165, 1.54) is 0 Å². The summed E-state index contributed by atoms with van der Waals surface area (Å²) in [5.74, 6) is 2.00. The molecule has 0 saturated carbocycles. The van der Waals surface area contributed by atoms with Gasteiger partial charge in [-0.3, -0.25) is 4.79 Å². The van der Waals surface area contributed by atoms with Crippen LogP contribution in [0, 0.1) is 0 Å². The topological polar surface area (TPSA) is 56.8 Å². The second-order valence-corrected chi connectivity index (χ2v) is 7.04. The summed E-state index contributed by atoms with van der Waals surface area (Å²) in [7, 11) is 1.66. The van der Waals surface area contributed by atoms with Crippen molar-refractivity contribution in [3.05, 3.63) is 65.7 Å². The zero-order valence-corrected chi connectivity index (χ0v) is 16.2. The Labute approximate surface area is 164 Å². The van der Waals surface area contributed by atoms with Crippen molar-refractivity contribution in [1.29, 1.82) is 0 Å². The lowest BCUT2D eigenvalue weighted by atomic mass is 9.96. The zero-order valence-electron chi connectivity index (χ0n) is 16.2. The van der Waals surface area contributed by atoms with Crippen LogP contribution in [0.15, 0.2) is 54.6 Å². The minimum absolute atomic E-state index is 0.0157. The molecule has 0 saturated heterocycles. The number of carbonyl (C=O) groups is 1. The number of fused-ring (bicyclic) bond motifs is 2. The van der Waals surface area contributed by atoms with E-state index in [0.29, 0.717) is 0 Å². The Bertz CT molecular complexity index is 1030. The Morgan fingerprint density at radius 2 is 1.64 bits per heavy atom. The van der Waals surface area contributed by atoms with Crippen molar-refractivity contribution in [3.8, 4) is 17.2 Å². The summed E-state index contributed by atoms with van der Waals surface area (Å²) in [6, 6.07) is 17.6. The van der Waals surface area contributed by atoms with Gasteiger partial charge in [0.1, 0.15) is 5.75 Å². The van der Waals surface area contributed by atoms with Crippen molar-refractivity contribution >= 4 is 16.7 Å². The molecule has 0 aromatic heterocycles. The lowest BCUT2D eigenvalue weighted by Gasteiger charge is -2.19. The molecule has 3 aromatic carbocycles. The first-order valence-corrected chi connectivity index (χ1v) is 9.33. The highest BCUT2D eigenvalue weighted by atomic mass is 16.7. The van der Waals surface area contributed by atoms with Crippen molar-refractivity contribution in [2.24, 2.45) is 0 Å². The van der Waals surface area contributed by atoms with Crippen LogP contribution in [-0.4, -0.2) is 19.8 Å². The summed E-state index contributed by atoms with van der Waals surface area (Å²) < 4.78 is 16.0. The fraction of sp³-hybridized carbons (Fsp3) is 0.261. The van der Waals surface area contributed by atoms with Gasteiger partial charge in [0.2, 0.25) is 12.7 Å². The van der Waals surface area contributed by atoms with Crippen LogP contribution in [0.5, 0.6) is 17.2 Å². The van der Waals surface area contributed by atoms with Gasteiger partial charge in [-0.1, -0.05) is 30.3 Å². The molecule has 2 atom stereocenters. The summed E-state index contributed by atoms with van der Waals surface area (Å²) in [5.41, 5.74) is 1.96. The van der Waals surface area contributed by atoms with E-state index >= 15 is 0 Å². The highest BCUT2D eigenvalue weighted by Crippen LogP contribution is 2.34. The second-order valence-electron chi connectivity index (χ2n) is 7.04. The van der Waals surface area contributed by atoms with Crippen molar-refractivity contribution in [2.45, 2.75) is 25.8 Å². The summed E-state index contributed by atoms with van der Waals surface area (Å²) >= 11 is 0. The first-order valence-electron chi connectivity index (χ1n) is 9.33. The lowest BCUT2D eigenvalue weighted by molar-refractivity contribution is -0.122. The largest absolute Gasteiger partial charge is 0.497 e. The second kappa shape index (κ2) is 7.43. The summed E-state index contributed by atoms with van der Waals surface area (Å²) in [5, 5.41) is 5.27. The Balaban J connectivity index is 1.49. The molecule has 5 nitrogen and oxygen atoms in total. The first kappa shape index (κ1) is 18.2. The van der Waals surface area contributed by atoms with E-state index in [2.05, 4.69) is 11.4 Å². The molecule has 144 valence electrons. The van der Waals surface area contributed by atoms with Crippen LogP contribution in [0.3, 0.4) is 0 Å². The lowest BCUT2D eigenvalue weighted by Crippen LogP contribution is -2.30. The van der Waals surface area contributed by atoms with E-state index in [-0.39, 0.29) is 24.7 Å². The van der Waals surface area contributed by atoms with Crippen molar-refractivity contribution in [3.63, 3.8) is 0 Å². The average Bonchev–Trinajstić information content (AvgIpc) is 3.20. The third kappa shape index (κ3) is 3.48. The highest BCUT2D eigenvalue weighted by molar-refractivity contribution is 5.88. The molecule has 4 rings (SSSR count). The predicted molar refractivity (Wildman–Crippen MR) is 108 cm³/mol. The quantitative estimate of drug-likeness (QED) is 0.708. The van der Waals surface area contributed by atoms with Gasteiger partial charge >= 0.3 is 0 Å². The maximum Gasteiger partial charge on any atom is 0.231 e. The first-order chi connectivity index (χ1) is 13.5. The van der Waals surface area contributed by atoms with Gasteiger partial charge in [-0.25, -0.2) is 0 Å². The molecule has 0 bridgehead atoms. The van der Waals surface area contributed by atoms with E-state index in [4.69, 9.17) is 14.2 Å². The van der Waals surface area contributed by atoms with Gasteiger partial charge in [0, 0.05) is 0 Å². The normalized spacial score (nSPS) is 14.5. The minimum atomic E-state index is -0.261. The molecule has 1 amide bonds. The van der Waals surface area contributed by atoms with Crippen LogP contribution >= 0.6 is 0 Å². The monoisotopic (exact) mass is 377 g/mol. The molecule has 1 aliphatic rings. The number of hydrogen-bond donors (Lipinski definition) is 1. The number of carbonyl (C=O) groups excluding carboxylic acids is 1. The smallest absolute Gasteiger partial charge is 0.231 e. The molecule has 28 heavy (non-hydrogen) atoms. The number of hydrogen-bond acceptors (Lipinski definition) is 4. The van der Waals surface area contributed by atoms with Gasteiger partial charge in [-0.2, -0.15) is 0 Å². The van der Waals surface area contributed by atoms with E-state index in [1.54, 1.807) is 7.11 Å². The molecule has 1 heterocycles. The molecular weight excluding hydrogens is 354 g/mol. The number of benzene rings is 3. The van der Waals surface area contributed by atoms with Crippen LogP contribution < -0.4 is 19.5 Å². The van der Waals surface area contributed by atoms with Gasteiger partial charge in [-0.15, -0.1) is 0 Å². The molecule has 5 heteroatoms. The summed E-state index contributed by atoms with van der Waals surface area (Å²) in [6.45, 7) is 4.13. The molecule has 0 radical (unpaired) electrons. The number of nitrogens with one attached hydrogen (secondary N) is 1. The van der Waals surface area contributed by atoms with Gasteiger partial charge < -0.3 is 19.5 Å². The molecular formula is C23H23NO4. The zero-order chi connectivity index (χ0) is 19.7. The van der Waals surface area contributed by atoms with E-state index < -0.39 is 0 Å². The van der Waals surface area contributed by atoms with E-state index in [0.717, 1.165) is 39.1 Å². The van der Waals surface area contributed by atoms with Gasteiger partial charge in [-0.05, 0) is 60.0 Å². The van der Waals surface area contributed by atoms with E-state index in [1.807, 2.05) is 62.4 Å². The van der Waals surface area contributed by atoms with Gasteiger partial charge in [0.05, 0.1) is 19.1 Å². The third-order valence-corrected chi connectivity index (χ3v) is 5.22. The van der Waals surface area contributed by atoms with Gasteiger partial charge in [0.15, 0.2) is 11.5 Å². The minimum Gasteiger partial charge on any atom is -0.497 e. The van der Waals surface area contributed by atoms with Crippen molar-refractivity contribution in [1.82, 2.24) is 5.32 Å².